The minimum absolute atomic E-state index is 0.0127. The number of halogens is 8. The predicted molar refractivity (Wildman–Crippen MR) is 140 cm³/mol. The molecule has 202 valence electrons. The van der Waals surface area contributed by atoms with Gasteiger partial charge in [0.25, 0.3) is 3.68 Å². The maximum Gasteiger partial charge on any atom is 0.323 e. The lowest BCUT2D eigenvalue weighted by atomic mass is 9.81. The highest BCUT2D eigenvalue weighted by Crippen LogP contribution is 2.64. The molecule has 3 aromatic rings. The smallest absolute Gasteiger partial charge is 0.323 e. The van der Waals surface area contributed by atoms with Gasteiger partial charge >= 0.3 is 5.92 Å². The van der Waals surface area contributed by atoms with Gasteiger partial charge in [0, 0.05) is 5.56 Å². The Bertz CT molecular complexity index is 1420. The molecule has 0 saturated carbocycles. The first-order chi connectivity index (χ1) is 18.0. The number of allylic oxidation sites excluding steroid dienone is 1. The fourth-order valence-corrected chi connectivity index (χ4v) is 6.02. The zero-order valence-electron chi connectivity index (χ0n) is 20.1. The molecule has 0 amide bonds. The monoisotopic (exact) mass is 650 g/mol. The highest BCUT2D eigenvalue weighted by molar-refractivity contribution is 14.2. The van der Waals surface area contributed by atoms with Gasteiger partial charge < -0.3 is 9.47 Å². The second-order valence-electron chi connectivity index (χ2n) is 8.44. The summed E-state index contributed by atoms with van der Waals surface area (Å²) in [4.78, 5) is 0. The van der Waals surface area contributed by atoms with E-state index >= 15 is 22.0 Å². The van der Waals surface area contributed by atoms with E-state index in [-0.39, 0.29) is 29.7 Å². The van der Waals surface area contributed by atoms with E-state index in [4.69, 9.17) is 9.47 Å². The van der Waals surface area contributed by atoms with Crippen LogP contribution in [0.3, 0.4) is 0 Å². The molecule has 1 atom stereocenters. The van der Waals surface area contributed by atoms with Crippen LogP contribution >= 0.6 is 20.7 Å². The largest absolute Gasteiger partial charge is 0.491 e. The van der Waals surface area contributed by atoms with Crippen LogP contribution < -0.4 is 9.47 Å². The van der Waals surface area contributed by atoms with Crippen LogP contribution in [-0.2, 0) is 22.6 Å². The van der Waals surface area contributed by atoms with E-state index in [1.807, 2.05) is 0 Å². The third-order valence-corrected chi connectivity index (χ3v) is 8.52. The lowest BCUT2D eigenvalue weighted by Crippen LogP contribution is -2.40. The molecule has 2 nitrogen and oxygen atoms in total. The number of aryl methyl sites for hydroxylation is 1. The number of benzene rings is 3. The SMILES string of the molecule is C=CCCc1ccc(COc2ccc3c(c2F)C(F)(F)C(F)(I=C)c2c-3ccc(OCC)c2F)c(F)c1F. The van der Waals surface area contributed by atoms with Gasteiger partial charge in [0.2, 0.25) is 0 Å². The summed E-state index contributed by atoms with van der Waals surface area (Å²) >= 11 is -2.29. The number of fused-ring (bicyclic) bond motifs is 3. The molecular formula is C28H22F7IO2. The summed E-state index contributed by atoms with van der Waals surface area (Å²) in [6.07, 6.45) is 2.19. The molecule has 1 aliphatic carbocycles. The molecule has 0 radical (unpaired) electrons. The molecule has 4 rings (SSSR count). The molecule has 0 bridgehead atoms. The predicted octanol–water partition coefficient (Wildman–Crippen LogP) is 8.64. The molecule has 1 unspecified atom stereocenters. The molecule has 0 N–H and O–H groups in total. The first-order valence-electron chi connectivity index (χ1n) is 11.5. The van der Waals surface area contributed by atoms with Crippen LogP contribution in [0.2, 0.25) is 0 Å². The zero-order valence-corrected chi connectivity index (χ0v) is 22.3. The molecule has 0 aliphatic heterocycles. The first kappa shape index (κ1) is 28.1. The van der Waals surface area contributed by atoms with Crippen molar-refractivity contribution in [3.63, 3.8) is 0 Å². The van der Waals surface area contributed by atoms with Crippen molar-refractivity contribution in [3.8, 4) is 22.6 Å². The van der Waals surface area contributed by atoms with E-state index in [0.29, 0.717) is 6.42 Å². The summed E-state index contributed by atoms with van der Waals surface area (Å²) in [5, 5.41) is 0. The molecule has 1 aliphatic rings. The Kier molecular flexibility index (Phi) is 7.92. The van der Waals surface area contributed by atoms with E-state index in [2.05, 4.69) is 11.1 Å². The fourth-order valence-electron chi connectivity index (χ4n) is 4.37. The Morgan fingerprint density at radius 2 is 1.34 bits per heavy atom. The van der Waals surface area contributed by atoms with Crippen molar-refractivity contribution in [2.24, 2.45) is 0 Å². The van der Waals surface area contributed by atoms with Crippen molar-refractivity contribution in [3.05, 3.63) is 94.6 Å². The zero-order chi connectivity index (χ0) is 27.8. The van der Waals surface area contributed by atoms with Crippen molar-refractivity contribution in [2.45, 2.75) is 36.0 Å². The topological polar surface area (TPSA) is 18.5 Å². The highest BCUT2D eigenvalue weighted by atomic mass is 127. The number of rotatable bonds is 9. The van der Waals surface area contributed by atoms with Crippen LogP contribution in [-0.4, -0.2) is 11.1 Å². The van der Waals surface area contributed by atoms with E-state index in [0.717, 1.165) is 18.2 Å². The lowest BCUT2D eigenvalue weighted by molar-refractivity contribution is -0.0968. The maximum absolute atomic E-state index is 16.1. The third-order valence-electron chi connectivity index (χ3n) is 6.25. The third kappa shape index (κ3) is 4.40. The summed E-state index contributed by atoms with van der Waals surface area (Å²) in [5.41, 5.74) is -3.08. The van der Waals surface area contributed by atoms with Crippen molar-refractivity contribution in [2.75, 3.05) is 6.61 Å². The molecule has 0 aromatic heterocycles. The Morgan fingerprint density at radius 1 is 0.789 bits per heavy atom. The molecular weight excluding hydrogens is 628 g/mol. The quantitative estimate of drug-likeness (QED) is 0.1000. The van der Waals surface area contributed by atoms with E-state index < -0.39 is 88.4 Å². The standard InChI is InChI=1S/C28H22F7IO2/c1-4-6-7-15-8-9-16(24(30)23(15)29)14-38-20-13-10-17-18-11-12-19(37-5-2)26(32)22(18)28(35,36-3)27(33,34)21(17)25(20)31/h4,8-13H,1,3,5-7,14H2,2H3. The van der Waals surface area contributed by atoms with Gasteiger partial charge in [-0.3, -0.25) is 0 Å². The van der Waals surface area contributed by atoms with E-state index in [1.54, 1.807) is 13.0 Å². The minimum Gasteiger partial charge on any atom is -0.491 e. The second kappa shape index (κ2) is 10.7. The maximum atomic E-state index is 16.1. The Morgan fingerprint density at radius 3 is 1.95 bits per heavy atom. The normalized spacial score (nSPS) is 17.5. The van der Waals surface area contributed by atoms with Crippen LogP contribution in [0.4, 0.5) is 30.7 Å². The fraction of sp³-hybridized carbons (Fsp3) is 0.250. The van der Waals surface area contributed by atoms with Gasteiger partial charge in [0.15, 0.2) is 34.8 Å². The molecule has 0 heterocycles. The van der Waals surface area contributed by atoms with Crippen LogP contribution in [0.1, 0.15) is 35.6 Å². The first-order valence-corrected chi connectivity index (χ1v) is 14.1. The number of alkyl halides is 4. The van der Waals surface area contributed by atoms with Gasteiger partial charge in [-0.05, 0) is 54.7 Å². The van der Waals surface area contributed by atoms with Gasteiger partial charge in [-0.2, -0.15) is 8.78 Å². The highest BCUT2D eigenvalue weighted by Gasteiger charge is 2.63. The molecule has 38 heavy (non-hydrogen) atoms. The summed E-state index contributed by atoms with van der Waals surface area (Å²) in [5.74, 6) is -10.8. The van der Waals surface area contributed by atoms with E-state index in [1.165, 1.54) is 18.2 Å². The summed E-state index contributed by atoms with van der Waals surface area (Å²) in [6.45, 7) is 4.41. The second-order valence-corrected chi connectivity index (χ2v) is 10.7. The van der Waals surface area contributed by atoms with Gasteiger partial charge in [-0.25, -0.2) is 22.0 Å². The average molecular weight is 650 g/mol. The molecule has 0 saturated heterocycles. The van der Waals surface area contributed by atoms with Gasteiger partial charge in [-0.1, -0.05) is 49.5 Å². The van der Waals surface area contributed by atoms with Crippen molar-refractivity contribution in [1.29, 1.82) is 0 Å². The summed E-state index contributed by atoms with van der Waals surface area (Å²) < 4.78 is 117. The van der Waals surface area contributed by atoms with Crippen LogP contribution in [0.25, 0.3) is 11.1 Å². The number of ether oxygens (including phenoxy) is 2. The van der Waals surface area contributed by atoms with Crippen LogP contribution in [0, 0.1) is 23.3 Å². The molecule has 0 spiro atoms. The molecule has 0 fully saturated rings. The Balaban J connectivity index is 1.77. The molecule has 10 heteroatoms. The van der Waals surface area contributed by atoms with Gasteiger partial charge in [0.1, 0.15) is 6.61 Å². The van der Waals surface area contributed by atoms with E-state index in [9.17, 15) is 8.78 Å². The van der Waals surface area contributed by atoms with Crippen LogP contribution in [0.15, 0.2) is 49.1 Å². The average Bonchev–Trinajstić information content (AvgIpc) is 2.89. The minimum atomic E-state index is -4.51. The van der Waals surface area contributed by atoms with Crippen molar-refractivity contribution in [1.82, 2.24) is 0 Å². The Hall–Kier alpha value is -2.89. The summed E-state index contributed by atoms with van der Waals surface area (Å²) in [7, 11) is 0. The molecule has 3 aromatic carbocycles. The van der Waals surface area contributed by atoms with Gasteiger partial charge in [0.05, 0.1) is 17.7 Å². The summed E-state index contributed by atoms with van der Waals surface area (Å²) in [6, 6.07) is 6.99. The lowest BCUT2D eigenvalue weighted by Gasteiger charge is -2.38. The number of hydrogen-bond donors (Lipinski definition) is 0. The Labute approximate surface area is 224 Å². The van der Waals surface area contributed by atoms with Crippen molar-refractivity contribution >= 4 is 25.2 Å². The van der Waals surface area contributed by atoms with Gasteiger partial charge in [-0.15, -0.1) is 6.58 Å². The number of hydrogen-bond acceptors (Lipinski definition) is 2. The van der Waals surface area contributed by atoms with Crippen molar-refractivity contribution < 1.29 is 40.2 Å². The van der Waals surface area contributed by atoms with Crippen LogP contribution in [0.5, 0.6) is 11.5 Å².